The molecule has 35 heavy (non-hydrogen) atoms. The summed E-state index contributed by atoms with van der Waals surface area (Å²) in [6.07, 6.45) is 7.82. The number of nitrogens with two attached hydrogens (primary N) is 1. The van der Waals surface area contributed by atoms with Crippen molar-refractivity contribution in [3.05, 3.63) is 71.9 Å². The third-order valence-corrected chi connectivity index (χ3v) is 7.69. The van der Waals surface area contributed by atoms with E-state index < -0.39 is 5.92 Å². The molecule has 4 heterocycles. The maximum Gasteiger partial charge on any atom is 0.230 e. The molecule has 2 bridgehead atoms. The zero-order chi connectivity index (χ0) is 24.5. The topological polar surface area (TPSA) is 84.1 Å². The number of rotatable bonds is 6. The third kappa shape index (κ3) is 4.70. The van der Waals surface area contributed by atoms with E-state index in [2.05, 4.69) is 27.2 Å². The van der Waals surface area contributed by atoms with Gasteiger partial charge < -0.3 is 16.0 Å². The lowest BCUT2D eigenvalue weighted by molar-refractivity contribution is -0.123. The molecule has 3 unspecified atom stereocenters. The molecular formula is C28H32FN5O. The molecule has 0 saturated carbocycles. The van der Waals surface area contributed by atoms with E-state index in [9.17, 15) is 9.18 Å². The molecule has 2 saturated heterocycles. The van der Waals surface area contributed by atoms with Gasteiger partial charge in [0.2, 0.25) is 5.91 Å². The van der Waals surface area contributed by atoms with Gasteiger partial charge in [0.25, 0.3) is 0 Å². The highest BCUT2D eigenvalue weighted by molar-refractivity contribution is 5.85. The SMILES string of the molecule is Cc1cc(-c2ncccc2-c2ccnc(C(CN)C(=O)NC3CC4CCC(C3)N4C)c2)ccc1F. The quantitative estimate of drug-likeness (QED) is 0.565. The van der Waals surface area contributed by atoms with Crippen molar-refractivity contribution in [2.24, 2.45) is 5.73 Å². The van der Waals surface area contributed by atoms with Gasteiger partial charge in [-0.25, -0.2) is 4.39 Å². The van der Waals surface area contributed by atoms with Crippen LogP contribution in [0.4, 0.5) is 4.39 Å². The zero-order valence-electron chi connectivity index (χ0n) is 20.2. The average molecular weight is 474 g/mol. The van der Waals surface area contributed by atoms with Crippen molar-refractivity contribution in [2.45, 2.75) is 56.7 Å². The van der Waals surface area contributed by atoms with Crippen molar-refractivity contribution < 1.29 is 9.18 Å². The van der Waals surface area contributed by atoms with E-state index in [0.29, 0.717) is 23.3 Å². The van der Waals surface area contributed by atoms with Crippen LogP contribution in [-0.2, 0) is 4.79 Å². The fourth-order valence-electron chi connectivity index (χ4n) is 5.66. The van der Waals surface area contributed by atoms with E-state index in [1.165, 1.54) is 18.9 Å². The Balaban J connectivity index is 1.40. The number of halogens is 1. The van der Waals surface area contributed by atoms with Crippen LogP contribution in [0.3, 0.4) is 0 Å². The first-order chi connectivity index (χ1) is 16.9. The fourth-order valence-corrected chi connectivity index (χ4v) is 5.66. The Labute approximate surface area is 205 Å². The number of carbonyl (C=O) groups excluding carboxylic acids is 1. The maximum atomic E-state index is 13.8. The number of fused-ring (bicyclic) bond motifs is 2. The van der Waals surface area contributed by atoms with Crippen molar-refractivity contribution in [1.82, 2.24) is 20.2 Å². The summed E-state index contributed by atoms with van der Waals surface area (Å²) in [7, 11) is 2.19. The molecule has 6 nitrogen and oxygen atoms in total. The highest BCUT2D eigenvalue weighted by Crippen LogP contribution is 2.35. The smallest absolute Gasteiger partial charge is 0.230 e. The summed E-state index contributed by atoms with van der Waals surface area (Å²) in [6, 6.07) is 14.0. The second kappa shape index (κ2) is 9.84. The molecule has 7 heteroatoms. The first kappa shape index (κ1) is 23.6. The maximum absolute atomic E-state index is 13.8. The Hall–Kier alpha value is -3.16. The summed E-state index contributed by atoms with van der Waals surface area (Å²) >= 11 is 0. The van der Waals surface area contributed by atoms with Crippen LogP contribution in [0.5, 0.6) is 0 Å². The Morgan fingerprint density at radius 3 is 2.60 bits per heavy atom. The molecule has 2 aliphatic heterocycles. The molecule has 1 aromatic carbocycles. The number of benzene rings is 1. The van der Waals surface area contributed by atoms with Crippen molar-refractivity contribution in [2.75, 3.05) is 13.6 Å². The van der Waals surface area contributed by atoms with Gasteiger partial charge in [-0.15, -0.1) is 0 Å². The summed E-state index contributed by atoms with van der Waals surface area (Å²) in [4.78, 5) is 24.8. The Kier molecular flexibility index (Phi) is 6.62. The van der Waals surface area contributed by atoms with E-state index in [1.807, 2.05) is 24.3 Å². The summed E-state index contributed by atoms with van der Waals surface area (Å²) in [5.74, 6) is -0.834. The molecule has 0 radical (unpaired) electrons. The lowest BCUT2D eigenvalue weighted by Crippen LogP contribution is -2.50. The minimum atomic E-state index is -0.527. The van der Waals surface area contributed by atoms with Crippen LogP contribution in [0.15, 0.2) is 54.9 Å². The number of pyridine rings is 2. The predicted octanol–water partition coefficient (Wildman–Crippen LogP) is 4.04. The normalized spacial score (nSPS) is 22.7. The van der Waals surface area contributed by atoms with Gasteiger partial charge in [-0.3, -0.25) is 14.8 Å². The molecule has 5 rings (SSSR count). The van der Waals surface area contributed by atoms with Gasteiger partial charge in [-0.1, -0.05) is 6.07 Å². The Morgan fingerprint density at radius 1 is 1.11 bits per heavy atom. The van der Waals surface area contributed by atoms with Gasteiger partial charge >= 0.3 is 0 Å². The number of carbonyl (C=O) groups is 1. The van der Waals surface area contributed by atoms with Crippen molar-refractivity contribution >= 4 is 5.91 Å². The monoisotopic (exact) mass is 473 g/mol. The van der Waals surface area contributed by atoms with E-state index in [4.69, 9.17) is 5.73 Å². The molecule has 0 aliphatic carbocycles. The number of nitrogens with zero attached hydrogens (tertiary/aromatic N) is 3. The van der Waals surface area contributed by atoms with Crippen molar-refractivity contribution in [3.8, 4) is 22.4 Å². The number of hydrogen-bond donors (Lipinski definition) is 2. The van der Waals surface area contributed by atoms with Crippen molar-refractivity contribution in [3.63, 3.8) is 0 Å². The largest absolute Gasteiger partial charge is 0.353 e. The van der Waals surface area contributed by atoms with Crippen LogP contribution in [0, 0.1) is 12.7 Å². The molecule has 3 aromatic rings. The van der Waals surface area contributed by atoms with E-state index in [0.717, 1.165) is 35.2 Å². The van der Waals surface area contributed by atoms with Crippen LogP contribution < -0.4 is 11.1 Å². The predicted molar refractivity (Wildman–Crippen MR) is 135 cm³/mol. The molecule has 2 fully saturated rings. The molecule has 2 aromatic heterocycles. The second-order valence-corrected chi connectivity index (χ2v) is 9.85. The highest BCUT2D eigenvalue weighted by Gasteiger charge is 2.39. The Bertz CT molecular complexity index is 1220. The van der Waals surface area contributed by atoms with Gasteiger partial charge in [0.15, 0.2) is 0 Å². The van der Waals surface area contributed by atoms with Crippen LogP contribution in [-0.4, -0.2) is 52.5 Å². The summed E-state index contributed by atoms with van der Waals surface area (Å²) in [5.41, 5.74) is 10.7. The molecule has 182 valence electrons. The van der Waals surface area contributed by atoms with Crippen LogP contribution in [0.2, 0.25) is 0 Å². The second-order valence-electron chi connectivity index (χ2n) is 9.85. The first-order valence-corrected chi connectivity index (χ1v) is 12.3. The van der Waals surface area contributed by atoms with Crippen LogP contribution in [0.25, 0.3) is 22.4 Å². The molecule has 2 aliphatic rings. The number of hydrogen-bond acceptors (Lipinski definition) is 5. The number of piperidine rings is 1. The van der Waals surface area contributed by atoms with Gasteiger partial charge in [0, 0.05) is 48.2 Å². The molecule has 1 amide bonds. The Morgan fingerprint density at radius 2 is 1.89 bits per heavy atom. The molecule has 3 atom stereocenters. The number of amides is 1. The third-order valence-electron chi connectivity index (χ3n) is 7.69. The van der Waals surface area contributed by atoms with E-state index in [-0.39, 0.29) is 24.3 Å². The van der Waals surface area contributed by atoms with Gasteiger partial charge in [0.05, 0.1) is 17.3 Å². The molecule has 0 spiro atoms. The zero-order valence-corrected chi connectivity index (χ0v) is 20.2. The fraction of sp³-hybridized carbons (Fsp3) is 0.393. The summed E-state index contributed by atoms with van der Waals surface area (Å²) in [5, 5.41) is 3.26. The molecule has 3 N–H and O–H groups in total. The first-order valence-electron chi connectivity index (χ1n) is 12.3. The minimum absolute atomic E-state index is 0.0633. The summed E-state index contributed by atoms with van der Waals surface area (Å²) in [6.45, 7) is 1.92. The van der Waals surface area contributed by atoms with Crippen LogP contribution >= 0.6 is 0 Å². The van der Waals surface area contributed by atoms with Gasteiger partial charge in [0.1, 0.15) is 5.82 Å². The minimum Gasteiger partial charge on any atom is -0.353 e. The lowest BCUT2D eigenvalue weighted by Gasteiger charge is -2.37. The van der Waals surface area contributed by atoms with Crippen molar-refractivity contribution in [1.29, 1.82) is 0 Å². The highest BCUT2D eigenvalue weighted by atomic mass is 19.1. The van der Waals surface area contributed by atoms with Crippen LogP contribution in [0.1, 0.15) is 42.9 Å². The summed E-state index contributed by atoms with van der Waals surface area (Å²) < 4.78 is 13.8. The van der Waals surface area contributed by atoms with Gasteiger partial charge in [-0.05, 0) is 87.2 Å². The number of nitrogens with one attached hydrogen (secondary N) is 1. The van der Waals surface area contributed by atoms with Gasteiger partial charge in [-0.2, -0.15) is 0 Å². The lowest BCUT2D eigenvalue weighted by atomic mass is 9.94. The number of aryl methyl sites for hydroxylation is 1. The van der Waals surface area contributed by atoms with E-state index in [1.54, 1.807) is 31.5 Å². The van der Waals surface area contributed by atoms with E-state index >= 15 is 0 Å². The standard InChI is InChI=1S/C28H32FN5O/c1-17-12-19(5-8-25(17)29)27-23(4-3-10-32-27)18-9-11-31-26(13-18)24(16-30)28(35)33-20-14-21-6-7-22(15-20)34(21)2/h3-5,8-13,20-22,24H,6-7,14-16,30H2,1-2H3,(H,33,35). The number of aromatic nitrogens is 2. The average Bonchev–Trinajstić information content (AvgIpc) is 3.06. The molecular weight excluding hydrogens is 441 g/mol.